The summed E-state index contributed by atoms with van der Waals surface area (Å²) in [4.78, 5) is 24.1. The molecule has 0 amide bonds. The van der Waals surface area contributed by atoms with Gasteiger partial charge in [0, 0.05) is 25.3 Å². The van der Waals surface area contributed by atoms with Crippen molar-refractivity contribution in [2.24, 2.45) is 0 Å². The lowest BCUT2D eigenvalue weighted by Gasteiger charge is -2.29. The van der Waals surface area contributed by atoms with Gasteiger partial charge in [-0.25, -0.2) is 0 Å². The molecule has 0 N–H and O–H groups in total. The maximum atomic E-state index is 12.3. The number of esters is 1. The van der Waals surface area contributed by atoms with E-state index < -0.39 is 17.4 Å². The van der Waals surface area contributed by atoms with Crippen LogP contribution in [0.25, 0.3) is 0 Å². The number of alkyl halides is 1. The number of rotatable bonds is 7. The molecule has 1 aromatic rings. The molecule has 5 nitrogen and oxygen atoms in total. The van der Waals surface area contributed by atoms with Crippen molar-refractivity contribution in [1.82, 2.24) is 0 Å². The molecule has 0 fully saturated rings. The second-order valence-corrected chi connectivity index (χ2v) is 6.62. The number of carbonyl (C=O) groups excluding carboxylic acids is 2. The zero-order valence-electron chi connectivity index (χ0n) is 14.1. The number of benzene rings is 1. The van der Waals surface area contributed by atoms with Crippen LogP contribution in [0.4, 0.5) is 0 Å². The van der Waals surface area contributed by atoms with Crippen LogP contribution >= 0.6 is 15.9 Å². The van der Waals surface area contributed by atoms with Crippen LogP contribution in [0.5, 0.6) is 0 Å². The van der Waals surface area contributed by atoms with Gasteiger partial charge in [-0.2, -0.15) is 0 Å². The summed E-state index contributed by atoms with van der Waals surface area (Å²) in [5, 5.41) is 0.400. The number of methoxy groups -OCH3 is 2. The summed E-state index contributed by atoms with van der Waals surface area (Å²) >= 11 is 3.36. The van der Waals surface area contributed by atoms with E-state index in [0.717, 1.165) is 0 Å². The molecule has 0 unspecified atom stereocenters. The Balaban J connectivity index is 2.96. The van der Waals surface area contributed by atoms with Crippen LogP contribution < -0.4 is 0 Å². The molecule has 0 aliphatic heterocycles. The van der Waals surface area contributed by atoms with Gasteiger partial charge in [0.25, 0.3) is 0 Å². The first-order valence-corrected chi connectivity index (χ1v) is 8.31. The van der Waals surface area contributed by atoms with Crippen molar-refractivity contribution in [3.05, 3.63) is 35.4 Å². The molecular weight excluding hydrogens is 364 g/mol. The van der Waals surface area contributed by atoms with Gasteiger partial charge in [0.1, 0.15) is 12.0 Å². The molecule has 0 saturated heterocycles. The SMILES string of the molecule is COC(CBr)(OC)c1cccc(C(=O)CC(=O)OC(C)(C)C)c1. The van der Waals surface area contributed by atoms with Crippen molar-refractivity contribution in [3.63, 3.8) is 0 Å². The second-order valence-electron chi connectivity index (χ2n) is 6.06. The Kier molecular flexibility index (Phi) is 6.92. The number of Topliss-reactive ketones (excluding diaryl/α,β-unsaturated/α-hetero) is 1. The number of ether oxygens (including phenoxy) is 3. The molecular formula is C17H23BrO5. The van der Waals surface area contributed by atoms with Crippen LogP contribution in [-0.4, -0.2) is 36.9 Å². The Morgan fingerprint density at radius 2 is 1.74 bits per heavy atom. The number of hydrogen-bond acceptors (Lipinski definition) is 5. The molecule has 0 aliphatic carbocycles. The molecule has 0 aliphatic rings. The van der Waals surface area contributed by atoms with Crippen molar-refractivity contribution >= 4 is 27.7 Å². The van der Waals surface area contributed by atoms with E-state index in [1.807, 2.05) is 0 Å². The Bertz CT molecular complexity index is 550. The summed E-state index contributed by atoms with van der Waals surface area (Å²) in [6, 6.07) is 6.85. The third-order valence-corrected chi connectivity index (χ3v) is 3.92. The average Bonchev–Trinajstić information content (AvgIpc) is 2.48. The van der Waals surface area contributed by atoms with E-state index in [9.17, 15) is 9.59 Å². The molecule has 0 heterocycles. The van der Waals surface area contributed by atoms with E-state index in [2.05, 4.69) is 15.9 Å². The van der Waals surface area contributed by atoms with Gasteiger partial charge < -0.3 is 14.2 Å². The molecule has 0 saturated carbocycles. The molecule has 0 radical (unpaired) electrons. The van der Waals surface area contributed by atoms with E-state index in [1.165, 1.54) is 14.2 Å². The quantitative estimate of drug-likeness (QED) is 0.236. The summed E-state index contributed by atoms with van der Waals surface area (Å²) in [6.07, 6.45) is -0.304. The molecule has 128 valence electrons. The van der Waals surface area contributed by atoms with Gasteiger partial charge in [-0.15, -0.1) is 0 Å². The minimum atomic E-state index is -0.984. The molecule has 23 heavy (non-hydrogen) atoms. The zero-order chi connectivity index (χ0) is 17.7. The highest BCUT2D eigenvalue weighted by Gasteiger charge is 2.31. The summed E-state index contributed by atoms with van der Waals surface area (Å²) in [5.41, 5.74) is 0.485. The molecule has 0 atom stereocenters. The van der Waals surface area contributed by atoms with Gasteiger partial charge in [0.15, 0.2) is 5.78 Å². The van der Waals surface area contributed by atoms with E-state index in [1.54, 1.807) is 45.0 Å². The van der Waals surface area contributed by atoms with Crippen molar-refractivity contribution < 1.29 is 23.8 Å². The van der Waals surface area contributed by atoms with Crippen molar-refractivity contribution in [2.75, 3.05) is 19.5 Å². The predicted octanol–water partition coefficient (Wildman–Crippen LogP) is 3.44. The summed E-state index contributed by atoms with van der Waals surface area (Å²) < 4.78 is 16.0. The Morgan fingerprint density at radius 1 is 1.13 bits per heavy atom. The van der Waals surface area contributed by atoms with Crippen molar-refractivity contribution in [1.29, 1.82) is 0 Å². The van der Waals surface area contributed by atoms with Gasteiger partial charge in [-0.05, 0) is 26.8 Å². The molecule has 0 bridgehead atoms. The molecule has 1 rings (SSSR count). The number of ketones is 1. The summed E-state index contributed by atoms with van der Waals surface area (Å²) in [7, 11) is 3.06. The molecule has 6 heteroatoms. The van der Waals surface area contributed by atoms with Crippen LogP contribution in [0.1, 0.15) is 43.1 Å². The molecule has 1 aromatic carbocycles. The monoisotopic (exact) mass is 386 g/mol. The third kappa shape index (κ3) is 5.41. The average molecular weight is 387 g/mol. The van der Waals surface area contributed by atoms with Gasteiger partial charge in [0.2, 0.25) is 5.79 Å². The fraction of sp³-hybridized carbons (Fsp3) is 0.529. The van der Waals surface area contributed by atoms with Crippen LogP contribution in [0.2, 0.25) is 0 Å². The van der Waals surface area contributed by atoms with Crippen LogP contribution in [0, 0.1) is 0 Å². The largest absolute Gasteiger partial charge is 0.460 e. The zero-order valence-corrected chi connectivity index (χ0v) is 15.7. The first kappa shape index (κ1) is 19.8. The van der Waals surface area contributed by atoms with E-state index in [4.69, 9.17) is 14.2 Å². The van der Waals surface area contributed by atoms with Gasteiger partial charge in [0.05, 0.1) is 5.33 Å². The fourth-order valence-corrected chi connectivity index (χ4v) is 2.83. The first-order valence-electron chi connectivity index (χ1n) is 7.19. The highest BCUT2D eigenvalue weighted by atomic mass is 79.9. The number of halogens is 1. The number of hydrogen-bond donors (Lipinski definition) is 0. The number of carbonyl (C=O) groups is 2. The summed E-state index contributed by atoms with van der Waals surface area (Å²) in [5.74, 6) is -1.84. The minimum Gasteiger partial charge on any atom is -0.460 e. The normalized spacial score (nSPS) is 12.1. The lowest BCUT2D eigenvalue weighted by atomic mass is 10.0. The minimum absolute atomic E-state index is 0.304. The maximum Gasteiger partial charge on any atom is 0.314 e. The van der Waals surface area contributed by atoms with E-state index in [-0.39, 0.29) is 12.2 Å². The Morgan fingerprint density at radius 3 is 2.22 bits per heavy atom. The molecule has 0 spiro atoms. The lowest BCUT2D eigenvalue weighted by molar-refractivity contribution is -0.197. The van der Waals surface area contributed by atoms with Crippen LogP contribution in [-0.2, 0) is 24.8 Å². The summed E-state index contributed by atoms with van der Waals surface area (Å²) in [6.45, 7) is 5.28. The second kappa shape index (κ2) is 8.04. The topological polar surface area (TPSA) is 61.8 Å². The molecule has 0 aromatic heterocycles. The smallest absolute Gasteiger partial charge is 0.314 e. The highest BCUT2D eigenvalue weighted by molar-refractivity contribution is 9.09. The van der Waals surface area contributed by atoms with Gasteiger partial charge in [-0.1, -0.05) is 34.1 Å². The van der Waals surface area contributed by atoms with Gasteiger partial charge >= 0.3 is 5.97 Å². The van der Waals surface area contributed by atoms with Crippen molar-refractivity contribution in [2.45, 2.75) is 38.6 Å². The highest BCUT2D eigenvalue weighted by Crippen LogP contribution is 2.29. The first-order chi connectivity index (χ1) is 10.7. The predicted molar refractivity (Wildman–Crippen MR) is 90.7 cm³/mol. The van der Waals surface area contributed by atoms with E-state index in [0.29, 0.717) is 16.5 Å². The maximum absolute atomic E-state index is 12.3. The lowest BCUT2D eigenvalue weighted by Crippen LogP contribution is -2.32. The fourth-order valence-electron chi connectivity index (χ4n) is 2.05. The van der Waals surface area contributed by atoms with E-state index >= 15 is 0 Å². The third-order valence-electron chi connectivity index (χ3n) is 3.18. The van der Waals surface area contributed by atoms with Crippen molar-refractivity contribution in [3.8, 4) is 0 Å². The Labute approximate surface area is 145 Å². The standard InChI is InChI=1S/C17H23BrO5/c1-16(2,3)23-15(20)10-14(19)12-7-6-8-13(9-12)17(11-18,21-4)22-5/h6-9H,10-11H2,1-5H3. The van der Waals surface area contributed by atoms with Gasteiger partial charge in [-0.3, -0.25) is 9.59 Å². The van der Waals surface area contributed by atoms with Crippen LogP contribution in [0.15, 0.2) is 24.3 Å². The van der Waals surface area contributed by atoms with Crippen LogP contribution in [0.3, 0.4) is 0 Å². The Hall–Kier alpha value is -1.24.